The molecule has 1 saturated heterocycles. The smallest absolute Gasteiger partial charge is 0.251 e. The molecule has 2 atom stereocenters. The molecule has 0 unspecified atom stereocenters. The first-order valence-corrected chi connectivity index (χ1v) is 8.60. The Morgan fingerprint density at radius 2 is 2.00 bits per heavy atom. The third kappa shape index (κ3) is 3.91. The summed E-state index contributed by atoms with van der Waals surface area (Å²) >= 11 is 0. The highest BCUT2D eigenvalue weighted by molar-refractivity contribution is 5.94. The average molecular weight is 342 g/mol. The lowest BCUT2D eigenvalue weighted by molar-refractivity contribution is -0.0626. The van der Waals surface area contributed by atoms with Crippen molar-refractivity contribution in [3.05, 3.63) is 53.1 Å². The number of carbonyl (C=O) groups is 1. The molecular formula is C19H26N4O2. The molecule has 1 aliphatic rings. The lowest BCUT2D eigenvalue weighted by Crippen LogP contribution is -2.48. The highest BCUT2D eigenvalue weighted by Crippen LogP contribution is 2.27. The maximum atomic E-state index is 12.5. The minimum absolute atomic E-state index is 0.0626. The van der Waals surface area contributed by atoms with Crippen molar-refractivity contribution in [2.75, 3.05) is 26.7 Å². The number of hydrogen-bond acceptors (Lipinski definition) is 4. The first-order valence-electron chi connectivity index (χ1n) is 8.60. The van der Waals surface area contributed by atoms with Gasteiger partial charge < -0.3 is 14.6 Å². The quantitative estimate of drug-likeness (QED) is 0.921. The Kier molecular flexibility index (Phi) is 5.20. The monoisotopic (exact) mass is 342 g/mol. The topological polar surface area (TPSA) is 59.4 Å². The largest absolute Gasteiger partial charge is 0.373 e. The van der Waals surface area contributed by atoms with Crippen molar-refractivity contribution in [3.63, 3.8) is 0 Å². The number of likely N-dealkylation sites (N-methyl/N-ethyl adjacent to an activating group) is 1. The number of hydrogen-bond donors (Lipinski definition) is 1. The summed E-state index contributed by atoms with van der Waals surface area (Å²) in [5.74, 6) is -0.0626. The van der Waals surface area contributed by atoms with Gasteiger partial charge in [0.2, 0.25) is 0 Å². The highest BCUT2D eigenvalue weighted by atomic mass is 16.5. The maximum absolute atomic E-state index is 12.5. The van der Waals surface area contributed by atoms with Crippen LogP contribution in [0, 0.1) is 13.8 Å². The van der Waals surface area contributed by atoms with Crippen LogP contribution >= 0.6 is 0 Å². The molecule has 3 rings (SSSR count). The zero-order valence-electron chi connectivity index (χ0n) is 15.3. The fourth-order valence-corrected chi connectivity index (χ4v) is 3.50. The van der Waals surface area contributed by atoms with Crippen molar-refractivity contribution in [3.8, 4) is 0 Å². The molecule has 25 heavy (non-hydrogen) atoms. The van der Waals surface area contributed by atoms with Crippen LogP contribution in [0.3, 0.4) is 0 Å². The molecule has 1 aromatic heterocycles. The molecule has 1 fully saturated rings. The van der Waals surface area contributed by atoms with Crippen molar-refractivity contribution in [1.29, 1.82) is 0 Å². The van der Waals surface area contributed by atoms with Gasteiger partial charge in [-0.1, -0.05) is 17.2 Å². The van der Waals surface area contributed by atoms with E-state index in [0.717, 1.165) is 23.4 Å². The minimum atomic E-state index is -0.107. The van der Waals surface area contributed by atoms with Gasteiger partial charge in [0.15, 0.2) is 0 Å². The maximum Gasteiger partial charge on any atom is 0.251 e. The molecule has 6 nitrogen and oxygen atoms in total. The van der Waals surface area contributed by atoms with Crippen LogP contribution in [0.5, 0.6) is 0 Å². The molecule has 0 spiro atoms. The fourth-order valence-electron chi connectivity index (χ4n) is 3.50. The standard InChI is InChI=1S/C19H26N4O2/c1-13-7-14(2)9-15(8-13)19(24)21-11-17-18(22(3)5-6-25-17)16-10-20-12-23(16)4/h7-10,12,17-18H,5-6,11H2,1-4H3,(H,21,24)/t17-,18-/m0/s1. The molecular weight excluding hydrogens is 316 g/mol. The number of aryl methyl sites for hydroxylation is 3. The van der Waals surface area contributed by atoms with E-state index in [1.54, 1.807) is 6.33 Å². The number of carbonyl (C=O) groups excluding carboxylic acids is 1. The van der Waals surface area contributed by atoms with E-state index >= 15 is 0 Å². The molecule has 1 aromatic carbocycles. The van der Waals surface area contributed by atoms with E-state index in [2.05, 4.69) is 28.3 Å². The van der Waals surface area contributed by atoms with E-state index in [-0.39, 0.29) is 18.1 Å². The Bertz CT molecular complexity index is 735. The van der Waals surface area contributed by atoms with Crippen LogP contribution in [0.2, 0.25) is 0 Å². The lowest BCUT2D eigenvalue weighted by atomic mass is 10.0. The highest BCUT2D eigenvalue weighted by Gasteiger charge is 2.33. The zero-order valence-corrected chi connectivity index (χ0v) is 15.3. The predicted molar refractivity (Wildman–Crippen MR) is 96.6 cm³/mol. The molecule has 0 saturated carbocycles. The van der Waals surface area contributed by atoms with Crippen LogP contribution in [0.4, 0.5) is 0 Å². The summed E-state index contributed by atoms with van der Waals surface area (Å²) in [4.78, 5) is 19.0. The SMILES string of the molecule is Cc1cc(C)cc(C(=O)NC[C@@H]2OCCN(C)[C@H]2c2cncn2C)c1. The van der Waals surface area contributed by atoms with Gasteiger partial charge in [-0.15, -0.1) is 0 Å². The van der Waals surface area contributed by atoms with Crippen molar-refractivity contribution < 1.29 is 9.53 Å². The predicted octanol–water partition coefficient (Wildman–Crippen LogP) is 1.84. The van der Waals surface area contributed by atoms with Gasteiger partial charge in [0.25, 0.3) is 5.91 Å². The number of aromatic nitrogens is 2. The molecule has 0 bridgehead atoms. The Balaban J connectivity index is 1.72. The second kappa shape index (κ2) is 7.37. The number of nitrogens with zero attached hydrogens (tertiary/aromatic N) is 3. The summed E-state index contributed by atoms with van der Waals surface area (Å²) in [6.45, 7) is 5.99. The third-order valence-electron chi connectivity index (χ3n) is 4.71. The Hall–Kier alpha value is -2.18. The van der Waals surface area contributed by atoms with E-state index in [1.807, 2.05) is 43.8 Å². The van der Waals surface area contributed by atoms with Gasteiger partial charge in [0.05, 0.1) is 30.8 Å². The normalized spacial score (nSPS) is 21.3. The van der Waals surface area contributed by atoms with Gasteiger partial charge in [0, 0.05) is 31.9 Å². The van der Waals surface area contributed by atoms with Crippen LogP contribution in [0.15, 0.2) is 30.7 Å². The first kappa shape index (κ1) is 17.6. The number of amides is 1. The van der Waals surface area contributed by atoms with Crippen LogP contribution in [0.1, 0.15) is 33.2 Å². The van der Waals surface area contributed by atoms with E-state index < -0.39 is 0 Å². The molecule has 134 valence electrons. The van der Waals surface area contributed by atoms with E-state index in [1.165, 1.54) is 0 Å². The summed E-state index contributed by atoms with van der Waals surface area (Å²) in [5.41, 5.74) is 3.96. The number of imidazole rings is 1. The summed E-state index contributed by atoms with van der Waals surface area (Å²) in [7, 11) is 4.06. The van der Waals surface area contributed by atoms with Crippen molar-refractivity contribution >= 4 is 5.91 Å². The molecule has 1 aliphatic heterocycles. The lowest BCUT2D eigenvalue weighted by Gasteiger charge is -2.39. The van der Waals surface area contributed by atoms with Crippen LogP contribution in [-0.4, -0.2) is 53.2 Å². The van der Waals surface area contributed by atoms with E-state index in [0.29, 0.717) is 18.7 Å². The summed E-state index contributed by atoms with van der Waals surface area (Å²) in [5, 5.41) is 3.03. The first-order chi connectivity index (χ1) is 12.0. The van der Waals surface area contributed by atoms with E-state index in [4.69, 9.17) is 4.74 Å². The van der Waals surface area contributed by atoms with Crippen molar-refractivity contribution in [2.45, 2.75) is 26.0 Å². The second-order valence-corrected chi connectivity index (χ2v) is 6.85. The van der Waals surface area contributed by atoms with Gasteiger partial charge >= 0.3 is 0 Å². The number of benzene rings is 1. The molecule has 2 heterocycles. The van der Waals surface area contributed by atoms with Crippen LogP contribution in [-0.2, 0) is 11.8 Å². The molecule has 1 amide bonds. The number of nitrogens with one attached hydrogen (secondary N) is 1. The van der Waals surface area contributed by atoms with Gasteiger partial charge in [-0.2, -0.15) is 0 Å². The molecule has 0 aliphatic carbocycles. The summed E-state index contributed by atoms with van der Waals surface area (Å²) in [6, 6.07) is 5.96. The number of rotatable bonds is 4. The van der Waals surface area contributed by atoms with E-state index in [9.17, 15) is 4.79 Å². The van der Waals surface area contributed by atoms with Crippen LogP contribution in [0.25, 0.3) is 0 Å². The van der Waals surface area contributed by atoms with Gasteiger partial charge in [0.1, 0.15) is 0 Å². The zero-order chi connectivity index (χ0) is 18.0. The summed E-state index contributed by atoms with van der Waals surface area (Å²) in [6.07, 6.45) is 3.56. The summed E-state index contributed by atoms with van der Waals surface area (Å²) < 4.78 is 7.98. The fraction of sp³-hybridized carbons (Fsp3) is 0.474. The van der Waals surface area contributed by atoms with Gasteiger partial charge in [-0.3, -0.25) is 9.69 Å². The average Bonchev–Trinajstić information content (AvgIpc) is 2.97. The number of ether oxygens (including phenoxy) is 1. The minimum Gasteiger partial charge on any atom is -0.373 e. The number of morpholine rings is 1. The Morgan fingerprint density at radius 1 is 1.28 bits per heavy atom. The third-order valence-corrected chi connectivity index (χ3v) is 4.71. The van der Waals surface area contributed by atoms with Crippen LogP contribution < -0.4 is 5.32 Å². The van der Waals surface area contributed by atoms with Gasteiger partial charge in [-0.25, -0.2) is 4.98 Å². The molecule has 0 radical (unpaired) electrons. The van der Waals surface area contributed by atoms with Crippen molar-refractivity contribution in [1.82, 2.24) is 19.8 Å². The Morgan fingerprint density at radius 3 is 2.64 bits per heavy atom. The van der Waals surface area contributed by atoms with Gasteiger partial charge in [-0.05, 0) is 33.0 Å². The molecule has 6 heteroatoms. The molecule has 1 N–H and O–H groups in total. The van der Waals surface area contributed by atoms with Crippen molar-refractivity contribution in [2.24, 2.45) is 7.05 Å². The Labute approximate surface area is 148 Å². The molecule has 2 aromatic rings. The second-order valence-electron chi connectivity index (χ2n) is 6.85.